The SMILES string of the molecule is CC(C)[C@H]1CC[C@]2(C)CCC[C@H](C)[C@H]2C1. The second-order valence-corrected chi connectivity index (χ2v) is 6.91. The van der Waals surface area contributed by atoms with E-state index in [0.29, 0.717) is 5.41 Å². The summed E-state index contributed by atoms with van der Waals surface area (Å²) < 4.78 is 0. The van der Waals surface area contributed by atoms with Crippen molar-refractivity contribution >= 4 is 0 Å². The maximum absolute atomic E-state index is 2.57. The van der Waals surface area contributed by atoms with Crippen molar-refractivity contribution in [2.24, 2.45) is 29.1 Å². The van der Waals surface area contributed by atoms with E-state index in [1.54, 1.807) is 0 Å². The Hall–Kier alpha value is 0. The van der Waals surface area contributed by atoms with Gasteiger partial charge >= 0.3 is 0 Å². The molecule has 0 radical (unpaired) electrons. The zero-order valence-corrected chi connectivity index (χ0v) is 11.1. The Morgan fingerprint density at radius 1 is 1.13 bits per heavy atom. The van der Waals surface area contributed by atoms with E-state index in [1.807, 2.05) is 0 Å². The molecule has 2 aliphatic carbocycles. The summed E-state index contributed by atoms with van der Waals surface area (Å²) in [5.74, 6) is 3.95. The van der Waals surface area contributed by atoms with E-state index < -0.39 is 0 Å². The molecule has 0 heterocycles. The van der Waals surface area contributed by atoms with E-state index in [1.165, 1.54) is 38.5 Å². The monoisotopic (exact) mass is 208 g/mol. The lowest BCUT2D eigenvalue weighted by atomic mass is 9.54. The molecule has 0 spiro atoms. The zero-order chi connectivity index (χ0) is 11.1. The number of fused-ring (bicyclic) bond motifs is 1. The summed E-state index contributed by atoms with van der Waals surface area (Å²) in [7, 11) is 0. The fraction of sp³-hybridized carbons (Fsp3) is 1.00. The number of hydrogen-bond acceptors (Lipinski definition) is 0. The summed E-state index contributed by atoms with van der Waals surface area (Å²) in [5.41, 5.74) is 0.711. The van der Waals surface area contributed by atoms with Crippen LogP contribution >= 0.6 is 0 Å². The van der Waals surface area contributed by atoms with Crippen molar-refractivity contribution in [1.82, 2.24) is 0 Å². The minimum absolute atomic E-state index is 0.711. The van der Waals surface area contributed by atoms with Gasteiger partial charge in [-0.3, -0.25) is 0 Å². The average Bonchev–Trinajstić information content (AvgIpc) is 2.17. The molecule has 88 valence electrons. The zero-order valence-electron chi connectivity index (χ0n) is 11.1. The van der Waals surface area contributed by atoms with Gasteiger partial charge in [-0.05, 0) is 54.8 Å². The molecule has 0 unspecified atom stereocenters. The molecule has 0 amide bonds. The third kappa shape index (κ3) is 2.10. The highest BCUT2D eigenvalue weighted by Crippen LogP contribution is 2.54. The Balaban J connectivity index is 2.09. The van der Waals surface area contributed by atoms with E-state index in [0.717, 1.165) is 23.7 Å². The van der Waals surface area contributed by atoms with E-state index in [4.69, 9.17) is 0 Å². The fourth-order valence-corrected chi connectivity index (χ4v) is 4.29. The fourth-order valence-electron chi connectivity index (χ4n) is 4.29. The molecule has 2 aliphatic rings. The summed E-state index contributed by atoms with van der Waals surface area (Å²) in [6.07, 6.45) is 9.01. The van der Waals surface area contributed by atoms with Crippen molar-refractivity contribution in [3.63, 3.8) is 0 Å². The highest BCUT2D eigenvalue weighted by Gasteiger charge is 2.44. The maximum Gasteiger partial charge on any atom is -0.0295 e. The van der Waals surface area contributed by atoms with Crippen molar-refractivity contribution in [3.8, 4) is 0 Å². The molecule has 0 bridgehead atoms. The lowest BCUT2D eigenvalue weighted by molar-refractivity contribution is -0.00939. The summed E-state index contributed by atoms with van der Waals surface area (Å²) in [5, 5.41) is 0. The van der Waals surface area contributed by atoms with Crippen LogP contribution in [0.1, 0.15) is 66.2 Å². The number of hydrogen-bond donors (Lipinski definition) is 0. The normalized spacial score (nSPS) is 46.6. The Bertz CT molecular complexity index is 218. The predicted octanol–water partition coefficient (Wildman–Crippen LogP) is 4.89. The van der Waals surface area contributed by atoms with Gasteiger partial charge in [0.05, 0.1) is 0 Å². The van der Waals surface area contributed by atoms with Gasteiger partial charge in [-0.1, -0.05) is 40.5 Å². The minimum atomic E-state index is 0.711. The quantitative estimate of drug-likeness (QED) is 0.576. The Labute approximate surface area is 95.8 Å². The van der Waals surface area contributed by atoms with Gasteiger partial charge < -0.3 is 0 Å². The second kappa shape index (κ2) is 4.11. The predicted molar refractivity (Wildman–Crippen MR) is 66.8 cm³/mol. The molecular weight excluding hydrogens is 180 g/mol. The van der Waals surface area contributed by atoms with E-state index in [2.05, 4.69) is 27.7 Å². The molecule has 2 saturated carbocycles. The second-order valence-electron chi connectivity index (χ2n) is 6.91. The Morgan fingerprint density at radius 2 is 1.87 bits per heavy atom. The van der Waals surface area contributed by atoms with Crippen LogP contribution in [0.4, 0.5) is 0 Å². The molecular formula is C15H28. The molecule has 2 rings (SSSR count). The molecule has 0 saturated heterocycles. The van der Waals surface area contributed by atoms with Crippen molar-refractivity contribution in [2.75, 3.05) is 0 Å². The first kappa shape index (κ1) is 11.5. The molecule has 2 fully saturated rings. The minimum Gasteiger partial charge on any atom is -0.0625 e. The highest BCUT2D eigenvalue weighted by atomic mass is 14.5. The first-order valence-corrected chi connectivity index (χ1v) is 7.03. The van der Waals surface area contributed by atoms with Crippen LogP contribution in [-0.2, 0) is 0 Å². The lowest BCUT2D eigenvalue weighted by Gasteiger charge is -2.51. The van der Waals surface area contributed by atoms with Crippen LogP contribution < -0.4 is 0 Å². The van der Waals surface area contributed by atoms with Gasteiger partial charge in [0.25, 0.3) is 0 Å². The summed E-state index contributed by atoms with van der Waals surface area (Å²) >= 11 is 0. The highest BCUT2D eigenvalue weighted by molar-refractivity contribution is 4.94. The van der Waals surface area contributed by atoms with Crippen molar-refractivity contribution in [3.05, 3.63) is 0 Å². The molecule has 0 aliphatic heterocycles. The van der Waals surface area contributed by atoms with Crippen LogP contribution in [0, 0.1) is 29.1 Å². The summed E-state index contributed by atoms with van der Waals surface area (Å²) in [6, 6.07) is 0. The summed E-state index contributed by atoms with van der Waals surface area (Å²) in [6.45, 7) is 9.91. The van der Waals surface area contributed by atoms with Crippen LogP contribution in [0.2, 0.25) is 0 Å². The topological polar surface area (TPSA) is 0 Å². The largest absolute Gasteiger partial charge is 0.0625 e. The van der Waals surface area contributed by atoms with E-state index in [-0.39, 0.29) is 0 Å². The third-order valence-electron chi connectivity index (χ3n) is 5.58. The van der Waals surface area contributed by atoms with Gasteiger partial charge in [0.1, 0.15) is 0 Å². The van der Waals surface area contributed by atoms with Gasteiger partial charge in [-0.25, -0.2) is 0 Å². The van der Waals surface area contributed by atoms with Gasteiger partial charge in [0, 0.05) is 0 Å². The molecule has 4 atom stereocenters. The standard InChI is InChI=1S/C15H28/c1-11(2)13-7-9-15(4)8-5-6-12(3)14(15)10-13/h11-14H,5-10H2,1-4H3/t12-,13-,14+,15-/m0/s1. The first-order chi connectivity index (χ1) is 7.03. The van der Waals surface area contributed by atoms with Crippen LogP contribution in [0.5, 0.6) is 0 Å². The van der Waals surface area contributed by atoms with Gasteiger partial charge in [-0.2, -0.15) is 0 Å². The van der Waals surface area contributed by atoms with Crippen molar-refractivity contribution in [2.45, 2.75) is 66.2 Å². The van der Waals surface area contributed by atoms with Crippen molar-refractivity contribution < 1.29 is 0 Å². The Morgan fingerprint density at radius 3 is 2.53 bits per heavy atom. The molecule has 0 aromatic carbocycles. The molecule has 0 nitrogen and oxygen atoms in total. The molecule has 0 heteroatoms. The number of rotatable bonds is 1. The smallest absolute Gasteiger partial charge is 0.0295 e. The van der Waals surface area contributed by atoms with Crippen LogP contribution in [0.15, 0.2) is 0 Å². The molecule has 15 heavy (non-hydrogen) atoms. The maximum atomic E-state index is 2.57. The Kier molecular flexibility index (Phi) is 3.14. The van der Waals surface area contributed by atoms with E-state index >= 15 is 0 Å². The van der Waals surface area contributed by atoms with Gasteiger partial charge in [0.2, 0.25) is 0 Å². The van der Waals surface area contributed by atoms with Crippen LogP contribution in [-0.4, -0.2) is 0 Å². The molecule has 0 aromatic rings. The van der Waals surface area contributed by atoms with E-state index in [9.17, 15) is 0 Å². The first-order valence-electron chi connectivity index (χ1n) is 7.03. The van der Waals surface area contributed by atoms with Crippen LogP contribution in [0.25, 0.3) is 0 Å². The summed E-state index contributed by atoms with van der Waals surface area (Å²) in [4.78, 5) is 0. The van der Waals surface area contributed by atoms with Crippen molar-refractivity contribution in [1.29, 1.82) is 0 Å². The van der Waals surface area contributed by atoms with Gasteiger partial charge in [0.15, 0.2) is 0 Å². The average molecular weight is 208 g/mol. The van der Waals surface area contributed by atoms with Crippen LogP contribution in [0.3, 0.4) is 0 Å². The molecule has 0 aromatic heterocycles. The van der Waals surface area contributed by atoms with Gasteiger partial charge in [-0.15, -0.1) is 0 Å². The third-order valence-corrected chi connectivity index (χ3v) is 5.58. The lowest BCUT2D eigenvalue weighted by Crippen LogP contribution is -2.41. The molecule has 0 N–H and O–H groups in total.